The lowest BCUT2D eigenvalue weighted by Crippen LogP contribution is -2.31. The number of unbranched alkanes of at least 4 members (excludes halogenated alkanes) is 1. The van der Waals surface area contributed by atoms with Crippen LogP contribution >= 0.6 is 0 Å². The van der Waals surface area contributed by atoms with Gasteiger partial charge >= 0.3 is 0 Å². The Bertz CT molecular complexity index is 1570. The Hall–Kier alpha value is -4.25. The summed E-state index contributed by atoms with van der Waals surface area (Å²) in [5.74, 6) is 2.03. The van der Waals surface area contributed by atoms with Crippen LogP contribution in [0.25, 0.3) is 0 Å². The number of allylic oxidation sites excluding steroid dienone is 4. The minimum absolute atomic E-state index is 0.0232. The molecule has 0 aromatic heterocycles. The predicted molar refractivity (Wildman–Crippen MR) is 189 cm³/mol. The maximum Gasteiger partial charge on any atom is 0.257 e. The van der Waals surface area contributed by atoms with Gasteiger partial charge in [-0.2, -0.15) is 0 Å². The summed E-state index contributed by atoms with van der Waals surface area (Å²) < 4.78 is 50.9. The van der Waals surface area contributed by atoms with Gasteiger partial charge < -0.3 is 24.3 Å². The van der Waals surface area contributed by atoms with Crippen molar-refractivity contribution in [1.82, 2.24) is 10.0 Å². The molecule has 2 amide bonds. The molecule has 0 saturated carbocycles. The van der Waals surface area contributed by atoms with Gasteiger partial charge in [0.15, 0.2) is 0 Å². The van der Waals surface area contributed by atoms with Gasteiger partial charge in [0, 0.05) is 31.0 Å². The number of hydrogen-bond donors (Lipinski definition) is 2. The van der Waals surface area contributed by atoms with E-state index in [1.54, 1.807) is 26.3 Å². The number of carbonyl (C=O) groups is 2. The molecule has 1 heterocycles. The quantitative estimate of drug-likeness (QED) is 0.122. The van der Waals surface area contributed by atoms with Crippen LogP contribution in [0.1, 0.15) is 85.8 Å². The van der Waals surface area contributed by atoms with Crippen LogP contribution in [0.15, 0.2) is 60.6 Å². The number of methoxy groups -OCH3 is 1. The van der Waals surface area contributed by atoms with Gasteiger partial charge in [-0.15, -0.1) is 0 Å². The van der Waals surface area contributed by atoms with Crippen LogP contribution in [-0.2, 0) is 34.1 Å². The number of carbonyl (C=O) groups excluding carboxylic acids is 2. The number of sulfonamides is 1. The molecular formula is C37H50N2O8S. The Morgan fingerprint density at radius 3 is 2.38 bits per heavy atom. The van der Waals surface area contributed by atoms with E-state index in [1.807, 2.05) is 18.2 Å². The zero-order chi connectivity index (χ0) is 34.9. The third-order valence-corrected chi connectivity index (χ3v) is 8.89. The Kier molecular flexibility index (Phi) is 15.6. The molecule has 1 atom stereocenters. The highest BCUT2D eigenvalue weighted by molar-refractivity contribution is 7.92. The lowest BCUT2D eigenvalue weighted by Gasteiger charge is -2.29. The Morgan fingerprint density at radius 1 is 0.979 bits per heavy atom. The smallest absolute Gasteiger partial charge is 0.257 e. The maximum absolute atomic E-state index is 12.4. The molecule has 2 aromatic rings. The van der Waals surface area contributed by atoms with E-state index in [-0.39, 0.29) is 18.4 Å². The average Bonchev–Trinajstić information content (AvgIpc) is 3.08. The summed E-state index contributed by atoms with van der Waals surface area (Å²) in [5.41, 5.74) is 3.48. The molecule has 0 radical (unpaired) electrons. The average molecular weight is 683 g/mol. The first-order chi connectivity index (χ1) is 23.2. The van der Waals surface area contributed by atoms with Crippen LogP contribution < -0.4 is 29.0 Å². The fourth-order valence-electron chi connectivity index (χ4n) is 5.50. The lowest BCUT2D eigenvalue weighted by atomic mass is 9.95. The van der Waals surface area contributed by atoms with E-state index in [0.717, 1.165) is 78.5 Å². The maximum atomic E-state index is 12.4. The van der Waals surface area contributed by atoms with Crippen LogP contribution in [0.5, 0.6) is 23.0 Å². The lowest BCUT2D eigenvalue weighted by molar-refractivity contribution is -0.119. The van der Waals surface area contributed by atoms with Crippen molar-refractivity contribution in [3.8, 4) is 23.0 Å². The van der Waals surface area contributed by atoms with Crippen LogP contribution in [0.2, 0.25) is 0 Å². The fourth-order valence-corrected chi connectivity index (χ4v) is 6.29. The summed E-state index contributed by atoms with van der Waals surface area (Å²) in [4.78, 5) is 24.8. The Labute approximate surface area is 285 Å². The van der Waals surface area contributed by atoms with Crippen molar-refractivity contribution in [2.75, 3.05) is 27.4 Å². The van der Waals surface area contributed by atoms with Gasteiger partial charge in [0.2, 0.25) is 5.91 Å². The van der Waals surface area contributed by atoms with E-state index in [9.17, 15) is 18.0 Å². The molecule has 1 aliphatic rings. The predicted octanol–water partition coefficient (Wildman–Crippen LogP) is 6.37. The molecule has 48 heavy (non-hydrogen) atoms. The van der Waals surface area contributed by atoms with Gasteiger partial charge in [-0.1, -0.05) is 57.6 Å². The molecule has 0 fully saturated rings. The van der Waals surface area contributed by atoms with Gasteiger partial charge in [0.05, 0.1) is 37.4 Å². The zero-order valence-corrected chi connectivity index (χ0v) is 29.5. The van der Waals surface area contributed by atoms with Crippen molar-refractivity contribution in [2.24, 2.45) is 0 Å². The molecule has 0 aliphatic carbocycles. The monoisotopic (exact) mass is 682 g/mol. The third-order valence-electron chi connectivity index (χ3n) is 7.86. The first kappa shape index (κ1) is 38.2. The summed E-state index contributed by atoms with van der Waals surface area (Å²) in [7, 11) is -0.711. The van der Waals surface area contributed by atoms with E-state index < -0.39 is 15.9 Å². The van der Waals surface area contributed by atoms with Gasteiger partial charge in [-0.25, -0.2) is 13.1 Å². The summed E-state index contributed by atoms with van der Waals surface area (Å²) in [6.45, 7) is 8.60. The number of rotatable bonds is 20. The number of aryl methyl sites for hydroxylation is 1. The van der Waals surface area contributed by atoms with Crippen LogP contribution in [0, 0.1) is 0 Å². The molecule has 262 valence electrons. The van der Waals surface area contributed by atoms with Gasteiger partial charge in [0.1, 0.15) is 23.0 Å². The van der Waals surface area contributed by atoms with E-state index in [1.165, 1.54) is 18.2 Å². The molecule has 11 heteroatoms. The standard InChI is InChI=1S/C37H50N2O8S/c1-6-9-11-12-26-48(42,43)39-34(40)23-19-28-18-16-27-17-21-32(29(14-8-3)35(27)47-28)45-24-13-25-46-33-22-20-31(37(41)38-4)36(44-5)30(33)15-10-7-2/h6,9,11-12,17,20-22,26,28H,1,7-8,10,13-16,18-19,23-25H2,2-5H3,(H,38,41)(H,39,40)/b11-9-,26-12+. The normalized spacial score (nSPS) is 14.3. The summed E-state index contributed by atoms with van der Waals surface area (Å²) in [5, 5.41) is 3.61. The Morgan fingerprint density at radius 2 is 1.71 bits per heavy atom. The number of ether oxygens (including phenoxy) is 4. The van der Waals surface area contributed by atoms with Crippen molar-refractivity contribution >= 4 is 21.8 Å². The molecule has 1 unspecified atom stereocenters. The fraction of sp³-hybridized carbons (Fsp3) is 0.459. The van der Waals surface area contributed by atoms with E-state index in [2.05, 4.69) is 30.5 Å². The zero-order valence-electron chi connectivity index (χ0n) is 28.6. The summed E-state index contributed by atoms with van der Waals surface area (Å²) >= 11 is 0. The van der Waals surface area contributed by atoms with Crippen molar-refractivity contribution < 1.29 is 37.0 Å². The highest BCUT2D eigenvalue weighted by atomic mass is 32.2. The third kappa shape index (κ3) is 11.2. The molecule has 2 N–H and O–H groups in total. The molecular weight excluding hydrogens is 632 g/mol. The minimum atomic E-state index is -3.88. The van der Waals surface area contributed by atoms with E-state index in [0.29, 0.717) is 43.1 Å². The summed E-state index contributed by atoms with van der Waals surface area (Å²) in [6.07, 6.45) is 12.7. The second kappa shape index (κ2) is 19.5. The summed E-state index contributed by atoms with van der Waals surface area (Å²) in [6, 6.07) is 7.59. The molecule has 2 aromatic carbocycles. The number of nitrogens with one attached hydrogen (secondary N) is 2. The molecule has 0 bridgehead atoms. The van der Waals surface area contributed by atoms with Crippen molar-refractivity contribution in [2.45, 2.75) is 84.2 Å². The SMILES string of the molecule is C=C/C=C\C=C\S(=O)(=O)NC(=O)CCC1CCc2ccc(OCCCOc3ccc(C(=O)NC)c(OC)c3CCCC)c(CCC)c2O1. The largest absolute Gasteiger partial charge is 0.495 e. The van der Waals surface area contributed by atoms with E-state index >= 15 is 0 Å². The van der Waals surface area contributed by atoms with Crippen LogP contribution in [0.3, 0.4) is 0 Å². The second-order valence-electron chi connectivity index (χ2n) is 11.5. The Balaban J connectivity index is 1.60. The van der Waals surface area contributed by atoms with Crippen molar-refractivity contribution in [1.29, 1.82) is 0 Å². The van der Waals surface area contributed by atoms with Crippen molar-refractivity contribution in [3.05, 3.63) is 82.8 Å². The van der Waals surface area contributed by atoms with Gasteiger partial charge in [0.25, 0.3) is 15.9 Å². The number of amides is 2. The van der Waals surface area contributed by atoms with Gasteiger partial charge in [-0.3, -0.25) is 9.59 Å². The number of benzene rings is 2. The van der Waals surface area contributed by atoms with Crippen molar-refractivity contribution in [3.63, 3.8) is 0 Å². The highest BCUT2D eigenvalue weighted by Gasteiger charge is 2.26. The minimum Gasteiger partial charge on any atom is -0.495 e. The first-order valence-corrected chi connectivity index (χ1v) is 18.2. The number of fused-ring (bicyclic) bond motifs is 1. The van der Waals surface area contributed by atoms with Gasteiger partial charge in [-0.05, 0) is 68.4 Å². The highest BCUT2D eigenvalue weighted by Crippen LogP contribution is 2.39. The number of hydrogen-bond acceptors (Lipinski definition) is 8. The molecule has 0 spiro atoms. The van der Waals surface area contributed by atoms with Crippen LogP contribution in [-0.4, -0.2) is 53.7 Å². The van der Waals surface area contributed by atoms with Crippen LogP contribution in [0.4, 0.5) is 0 Å². The molecule has 3 rings (SSSR count). The second-order valence-corrected chi connectivity index (χ2v) is 13.0. The molecule has 1 aliphatic heterocycles. The van der Waals surface area contributed by atoms with E-state index in [4.69, 9.17) is 18.9 Å². The topological polar surface area (TPSA) is 129 Å². The molecule has 10 nitrogen and oxygen atoms in total. The molecule has 0 saturated heterocycles. The first-order valence-electron chi connectivity index (χ1n) is 16.7.